The van der Waals surface area contributed by atoms with E-state index in [1.807, 2.05) is 0 Å². The highest BCUT2D eigenvalue weighted by Gasteiger charge is 2.33. The van der Waals surface area contributed by atoms with E-state index in [0.717, 1.165) is 0 Å². The van der Waals surface area contributed by atoms with Gasteiger partial charge in [-0.3, -0.25) is 9.78 Å². The Kier molecular flexibility index (Phi) is 6.41. The van der Waals surface area contributed by atoms with Crippen molar-refractivity contribution < 1.29 is 27.2 Å². The summed E-state index contributed by atoms with van der Waals surface area (Å²) < 4.78 is 38.8. The molecule has 0 N–H and O–H groups in total. The van der Waals surface area contributed by atoms with Gasteiger partial charge in [0.05, 0.1) is 17.2 Å². The van der Waals surface area contributed by atoms with Gasteiger partial charge in [0.2, 0.25) is 0 Å². The van der Waals surface area contributed by atoms with E-state index in [0.29, 0.717) is 26.1 Å². The monoisotopic (exact) mass is 498 g/mol. The van der Waals surface area contributed by atoms with Gasteiger partial charge in [-0.2, -0.15) is 4.31 Å². The normalized spacial score (nSPS) is 11.4. The number of hydrogen-bond donors (Lipinski definition) is 0. The fraction of sp³-hybridized carbons (Fsp3) is 0.125. The summed E-state index contributed by atoms with van der Waals surface area (Å²) in [5.41, 5.74) is 0.653. The number of fused-ring (bicyclic) bond motifs is 1. The third kappa shape index (κ3) is 4.27. The minimum absolute atomic E-state index is 0.0237. The van der Waals surface area contributed by atoms with Crippen LogP contribution in [0.2, 0.25) is 5.02 Å². The molecule has 0 aliphatic rings. The average molecular weight is 499 g/mol. The Bertz CT molecular complexity index is 1480. The number of aromatic nitrogens is 1. The van der Waals surface area contributed by atoms with Crippen LogP contribution in [0, 0.1) is 6.92 Å². The Balaban J connectivity index is 1.93. The van der Waals surface area contributed by atoms with Gasteiger partial charge in [-0.15, -0.1) is 0 Å². The van der Waals surface area contributed by atoms with E-state index >= 15 is 0 Å². The highest BCUT2D eigenvalue weighted by Crippen LogP contribution is 2.33. The summed E-state index contributed by atoms with van der Waals surface area (Å²) in [5.74, 6) is -1.09. The molecule has 0 unspecified atom stereocenters. The zero-order chi connectivity index (χ0) is 24.5. The lowest BCUT2D eigenvalue weighted by molar-refractivity contribution is 0.0526. The van der Waals surface area contributed by atoms with Crippen molar-refractivity contribution in [1.29, 1.82) is 0 Å². The van der Waals surface area contributed by atoms with E-state index in [9.17, 15) is 18.0 Å². The predicted octanol–water partition coefficient (Wildman–Crippen LogP) is 5.00. The number of esters is 1. The third-order valence-corrected chi connectivity index (χ3v) is 7.00. The summed E-state index contributed by atoms with van der Waals surface area (Å²) in [6.07, 6.45) is 2.78. The molecule has 2 aromatic carbocycles. The highest BCUT2D eigenvalue weighted by molar-refractivity contribution is 7.93. The molecule has 8 nitrogen and oxygen atoms in total. The third-order valence-electron chi connectivity index (χ3n) is 5.03. The fourth-order valence-corrected chi connectivity index (χ4v) is 5.01. The fourth-order valence-electron chi connectivity index (χ4n) is 3.48. The van der Waals surface area contributed by atoms with Crippen molar-refractivity contribution in [3.8, 4) is 0 Å². The van der Waals surface area contributed by atoms with Crippen molar-refractivity contribution in [1.82, 2.24) is 4.98 Å². The number of carbonyl (C=O) groups excluding carboxylic acids is 2. The first-order valence-electron chi connectivity index (χ1n) is 10.2. The van der Waals surface area contributed by atoms with Gasteiger partial charge in [0, 0.05) is 28.4 Å². The molecule has 0 saturated heterocycles. The molecule has 1 amide bonds. The average Bonchev–Trinajstić information content (AvgIpc) is 3.15. The molecule has 174 valence electrons. The van der Waals surface area contributed by atoms with Crippen LogP contribution in [0.3, 0.4) is 0 Å². The molecule has 34 heavy (non-hydrogen) atoms. The van der Waals surface area contributed by atoms with Crippen molar-refractivity contribution in [2.45, 2.75) is 18.7 Å². The van der Waals surface area contributed by atoms with E-state index in [2.05, 4.69) is 4.98 Å². The molecule has 0 saturated carbocycles. The molecule has 0 aliphatic carbocycles. The SMILES string of the molecule is CCOC(=O)c1c(C)oc2ccc(N(C(=O)c3ccncc3)S(=O)(=O)c3ccc(Cl)cc3)cc12. The number of amides is 1. The lowest BCUT2D eigenvalue weighted by Crippen LogP contribution is -2.37. The number of nitrogens with zero attached hydrogens (tertiary/aromatic N) is 2. The summed E-state index contributed by atoms with van der Waals surface area (Å²) in [7, 11) is -4.37. The summed E-state index contributed by atoms with van der Waals surface area (Å²) in [6.45, 7) is 3.44. The van der Waals surface area contributed by atoms with E-state index in [-0.39, 0.29) is 28.3 Å². The lowest BCUT2D eigenvalue weighted by Gasteiger charge is -2.23. The van der Waals surface area contributed by atoms with Crippen LogP contribution in [0.4, 0.5) is 5.69 Å². The summed E-state index contributed by atoms with van der Waals surface area (Å²) in [4.78, 5) is 29.8. The van der Waals surface area contributed by atoms with E-state index in [1.54, 1.807) is 13.8 Å². The zero-order valence-corrected chi connectivity index (χ0v) is 19.8. The number of rotatable bonds is 6. The number of benzene rings is 2. The van der Waals surface area contributed by atoms with Crippen LogP contribution in [0.15, 0.2) is 76.3 Å². The molecule has 0 radical (unpaired) electrons. The summed E-state index contributed by atoms with van der Waals surface area (Å²) in [6, 6.07) is 12.7. The van der Waals surface area contributed by atoms with Crippen LogP contribution in [-0.2, 0) is 14.8 Å². The number of sulfonamides is 1. The number of hydrogen-bond acceptors (Lipinski definition) is 7. The molecule has 0 fully saturated rings. The maximum atomic E-state index is 13.7. The smallest absolute Gasteiger partial charge is 0.342 e. The molecular weight excluding hydrogens is 480 g/mol. The second kappa shape index (κ2) is 9.28. The molecular formula is C24H19ClN2O6S. The van der Waals surface area contributed by atoms with Crippen molar-refractivity contribution in [2.24, 2.45) is 0 Å². The molecule has 0 spiro atoms. The molecule has 0 bridgehead atoms. The Morgan fingerprint density at radius 1 is 1.06 bits per heavy atom. The molecule has 4 rings (SSSR count). The summed E-state index contributed by atoms with van der Waals surface area (Å²) >= 11 is 5.92. The zero-order valence-electron chi connectivity index (χ0n) is 18.2. The molecule has 2 aromatic heterocycles. The molecule has 0 atom stereocenters. The van der Waals surface area contributed by atoms with Gasteiger partial charge >= 0.3 is 5.97 Å². The Hall–Kier alpha value is -3.69. The number of aryl methyl sites for hydroxylation is 1. The van der Waals surface area contributed by atoms with E-state index in [4.69, 9.17) is 20.8 Å². The standard InChI is InChI=1S/C24H19ClN2O6S/c1-3-32-24(29)22-15(2)33-21-9-6-18(14-20(21)22)27(23(28)16-10-12-26-13-11-16)34(30,31)19-7-4-17(25)5-8-19/h4-14H,3H2,1-2H3. The van der Waals surface area contributed by atoms with Crippen molar-refractivity contribution in [3.05, 3.63) is 88.9 Å². The van der Waals surface area contributed by atoms with Gasteiger partial charge in [-0.1, -0.05) is 11.6 Å². The molecule has 10 heteroatoms. The number of pyridine rings is 1. The van der Waals surface area contributed by atoms with Gasteiger partial charge in [-0.05, 0) is 68.4 Å². The quantitative estimate of drug-likeness (QED) is 0.344. The van der Waals surface area contributed by atoms with Crippen LogP contribution < -0.4 is 4.31 Å². The largest absolute Gasteiger partial charge is 0.462 e. The summed E-state index contributed by atoms with van der Waals surface area (Å²) in [5, 5.41) is 0.674. The molecule has 4 aromatic rings. The Morgan fingerprint density at radius 3 is 2.38 bits per heavy atom. The second-order valence-electron chi connectivity index (χ2n) is 7.20. The second-order valence-corrected chi connectivity index (χ2v) is 9.42. The van der Waals surface area contributed by atoms with Gasteiger partial charge in [0.1, 0.15) is 16.9 Å². The van der Waals surface area contributed by atoms with Gasteiger partial charge in [-0.25, -0.2) is 13.2 Å². The maximum absolute atomic E-state index is 13.7. The first kappa shape index (κ1) is 23.5. The van der Waals surface area contributed by atoms with Crippen LogP contribution >= 0.6 is 11.6 Å². The minimum Gasteiger partial charge on any atom is -0.462 e. The van der Waals surface area contributed by atoms with Crippen LogP contribution in [-0.4, -0.2) is 31.9 Å². The molecule has 0 aliphatic heterocycles. The topological polar surface area (TPSA) is 107 Å². The number of ether oxygens (including phenoxy) is 1. The van der Waals surface area contributed by atoms with Gasteiger partial charge < -0.3 is 9.15 Å². The van der Waals surface area contributed by atoms with Crippen molar-refractivity contribution in [2.75, 3.05) is 10.9 Å². The van der Waals surface area contributed by atoms with E-state index < -0.39 is 21.9 Å². The number of carbonyl (C=O) groups is 2. The Morgan fingerprint density at radius 2 is 1.74 bits per heavy atom. The first-order valence-corrected chi connectivity index (χ1v) is 12.0. The minimum atomic E-state index is -4.37. The van der Waals surface area contributed by atoms with Crippen LogP contribution in [0.1, 0.15) is 33.4 Å². The van der Waals surface area contributed by atoms with Crippen molar-refractivity contribution in [3.63, 3.8) is 0 Å². The van der Waals surface area contributed by atoms with E-state index in [1.165, 1.54) is 67.0 Å². The molecule has 2 heterocycles. The number of halogens is 1. The highest BCUT2D eigenvalue weighted by atomic mass is 35.5. The first-order chi connectivity index (χ1) is 16.2. The van der Waals surface area contributed by atoms with Crippen molar-refractivity contribution >= 4 is 50.2 Å². The number of anilines is 1. The lowest BCUT2D eigenvalue weighted by atomic mass is 10.1. The number of furan rings is 1. The van der Waals surface area contributed by atoms with Crippen LogP contribution in [0.5, 0.6) is 0 Å². The maximum Gasteiger partial charge on any atom is 0.342 e. The van der Waals surface area contributed by atoms with Gasteiger partial charge in [0.15, 0.2) is 0 Å². The van der Waals surface area contributed by atoms with Crippen LogP contribution in [0.25, 0.3) is 11.0 Å². The van der Waals surface area contributed by atoms with Gasteiger partial charge in [0.25, 0.3) is 15.9 Å². The predicted molar refractivity (Wildman–Crippen MR) is 127 cm³/mol. The Labute approximate surface area is 200 Å².